The molecule has 1 N–H and O–H groups in total. The van der Waals surface area contributed by atoms with Gasteiger partial charge in [0.1, 0.15) is 5.82 Å². The molecule has 1 aromatic rings. The van der Waals surface area contributed by atoms with Crippen LogP contribution in [0.4, 0.5) is 0 Å². The predicted octanol–water partition coefficient (Wildman–Crippen LogP) is 2.02. The van der Waals surface area contributed by atoms with Gasteiger partial charge >= 0.3 is 0 Å². The minimum absolute atomic E-state index is 0.115. The van der Waals surface area contributed by atoms with Crippen molar-refractivity contribution in [1.82, 2.24) is 19.7 Å². The van der Waals surface area contributed by atoms with Gasteiger partial charge in [0.25, 0.3) is 0 Å². The number of piperidine rings is 1. The van der Waals surface area contributed by atoms with Crippen LogP contribution in [0.2, 0.25) is 0 Å². The minimum Gasteiger partial charge on any atom is -0.394 e. The maximum atomic E-state index is 9.23. The third-order valence-corrected chi connectivity index (χ3v) is 3.96. The van der Waals surface area contributed by atoms with Crippen LogP contribution < -0.4 is 0 Å². The van der Waals surface area contributed by atoms with Gasteiger partial charge in [0, 0.05) is 6.42 Å². The second kappa shape index (κ2) is 7.18. The third-order valence-electron chi connectivity index (χ3n) is 3.96. The molecule has 1 atom stereocenters. The molecule has 0 radical (unpaired) electrons. The Bertz CT molecular complexity index is 410. The van der Waals surface area contributed by atoms with Crippen molar-refractivity contribution in [1.29, 1.82) is 0 Å². The fraction of sp³-hybridized carbons (Fsp3) is 0.867. The quantitative estimate of drug-likeness (QED) is 0.866. The molecule has 1 fully saturated rings. The van der Waals surface area contributed by atoms with Gasteiger partial charge in [-0.15, -0.1) is 0 Å². The van der Waals surface area contributed by atoms with E-state index in [9.17, 15) is 5.11 Å². The van der Waals surface area contributed by atoms with E-state index >= 15 is 0 Å². The number of aliphatic hydroxyl groups excluding tert-OH is 1. The van der Waals surface area contributed by atoms with Gasteiger partial charge < -0.3 is 5.11 Å². The zero-order valence-corrected chi connectivity index (χ0v) is 13.0. The van der Waals surface area contributed by atoms with E-state index in [4.69, 9.17) is 4.98 Å². The molecule has 1 saturated heterocycles. The van der Waals surface area contributed by atoms with Gasteiger partial charge in [0.15, 0.2) is 5.82 Å². The number of rotatable bonds is 6. The molecule has 1 aliphatic rings. The van der Waals surface area contributed by atoms with E-state index < -0.39 is 0 Å². The summed E-state index contributed by atoms with van der Waals surface area (Å²) in [5, 5.41) is 13.8. The monoisotopic (exact) mass is 280 g/mol. The Kier molecular flexibility index (Phi) is 5.54. The molecule has 1 aromatic heterocycles. The normalized spacial score (nSPS) is 18.6. The average molecular weight is 280 g/mol. The Hall–Kier alpha value is -0.940. The first kappa shape index (κ1) is 15.4. The number of nitrogens with zero attached hydrogens (tertiary/aromatic N) is 4. The van der Waals surface area contributed by atoms with Gasteiger partial charge in [-0.3, -0.25) is 4.90 Å². The maximum absolute atomic E-state index is 9.23. The molecule has 0 amide bonds. The molecule has 1 aliphatic heterocycles. The van der Waals surface area contributed by atoms with E-state index in [0.717, 1.165) is 31.2 Å². The highest BCUT2D eigenvalue weighted by Crippen LogP contribution is 2.23. The SMILES string of the molecule is CC(C)Cc1nc(C(C)N2CCCCC2)n(CCO)n1. The maximum Gasteiger partial charge on any atom is 0.151 e. The van der Waals surface area contributed by atoms with Crippen molar-refractivity contribution < 1.29 is 5.11 Å². The van der Waals surface area contributed by atoms with E-state index in [2.05, 4.69) is 30.8 Å². The molecule has 1 unspecified atom stereocenters. The molecule has 5 heteroatoms. The van der Waals surface area contributed by atoms with Crippen molar-refractivity contribution in [2.75, 3.05) is 19.7 Å². The van der Waals surface area contributed by atoms with Crippen molar-refractivity contribution in [3.05, 3.63) is 11.6 Å². The first-order valence-corrected chi connectivity index (χ1v) is 7.90. The number of hydrogen-bond acceptors (Lipinski definition) is 4. The topological polar surface area (TPSA) is 54.2 Å². The zero-order chi connectivity index (χ0) is 14.5. The standard InChI is InChI=1S/C15H28N4O/c1-12(2)11-14-16-15(19(17-14)9-10-20)13(3)18-7-5-4-6-8-18/h12-13,20H,4-11H2,1-3H3. The molecular weight excluding hydrogens is 252 g/mol. The van der Waals surface area contributed by atoms with E-state index in [1.165, 1.54) is 19.3 Å². The Morgan fingerprint density at radius 2 is 1.85 bits per heavy atom. The molecule has 2 rings (SSSR count). The second-order valence-electron chi connectivity index (χ2n) is 6.20. The second-order valence-corrected chi connectivity index (χ2v) is 6.20. The Morgan fingerprint density at radius 1 is 1.15 bits per heavy atom. The van der Waals surface area contributed by atoms with Crippen LogP contribution in [0.1, 0.15) is 57.7 Å². The summed E-state index contributed by atoms with van der Waals surface area (Å²) in [6, 6.07) is 0.287. The van der Waals surface area contributed by atoms with Crippen molar-refractivity contribution in [3.8, 4) is 0 Å². The lowest BCUT2D eigenvalue weighted by molar-refractivity contribution is 0.162. The highest BCUT2D eigenvalue weighted by atomic mass is 16.3. The van der Waals surface area contributed by atoms with Crippen molar-refractivity contribution in [2.24, 2.45) is 5.92 Å². The van der Waals surface area contributed by atoms with E-state index in [0.29, 0.717) is 12.5 Å². The molecule has 0 spiro atoms. The fourth-order valence-corrected chi connectivity index (χ4v) is 2.89. The van der Waals surface area contributed by atoms with E-state index in [1.54, 1.807) is 0 Å². The van der Waals surface area contributed by atoms with Gasteiger partial charge in [-0.25, -0.2) is 9.67 Å². The number of aromatic nitrogens is 3. The van der Waals surface area contributed by atoms with Crippen molar-refractivity contribution in [2.45, 2.75) is 59.0 Å². The number of aliphatic hydroxyl groups is 1. The van der Waals surface area contributed by atoms with Crippen LogP contribution in [0, 0.1) is 5.92 Å². The largest absolute Gasteiger partial charge is 0.394 e. The highest BCUT2D eigenvalue weighted by molar-refractivity contribution is 5.00. The lowest BCUT2D eigenvalue weighted by Gasteiger charge is -2.31. The molecule has 20 heavy (non-hydrogen) atoms. The summed E-state index contributed by atoms with van der Waals surface area (Å²) in [5.74, 6) is 2.47. The average Bonchev–Trinajstić information content (AvgIpc) is 2.81. The summed E-state index contributed by atoms with van der Waals surface area (Å²) in [7, 11) is 0. The van der Waals surface area contributed by atoms with Crippen LogP contribution in [-0.4, -0.2) is 44.5 Å². The van der Waals surface area contributed by atoms with Gasteiger partial charge in [0.2, 0.25) is 0 Å². The molecule has 0 saturated carbocycles. The Labute approximate surface area is 122 Å². The third kappa shape index (κ3) is 3.79. The van der Waals surface area contributed by atoms with E-state index in [1.807, 2.05) is 4.68 Å². The van der Waals surface area contributed by atoms with Crippen LogP contribution in [0.3, 0.4) is 0 Å². The first-order chi connectivity index (χ1) is 9.61. The van der Waals surface area contributed by atoms with Crippen LogP contribution in [0.5, 0.6) is 0 Å². The summed E-state index contributed by atoms with van der Waals surface area (Å²) in [4.78, 5) is 7.23. The fourth-order valence-electron chi connectivity index (χ4n) is 2.89. The van der Waals surface area contributed by atoms with Crippen LogP contribution in [0.15, 0.2) is 0 Å². The lowest BCUT2D eigenvalue weighted by Crippen LogP contribution is -2.34. The molecular formula is C15H28N4O. The van der Waals surface area contributed by atoms with E-state index in [-0.39, 0.29) is 12.6 Å². The Morgan fingerprint density at radius 3 is 2.45 bits per heavy atom. The summed E-state index contributed by atoms with van der Waals surface area (Å²) in [6.45, 7) is 9.52. The summed E-state index contributed by atoms with van der Waals surface area (Å²) in [5.41, 5.74) is 0. The van der Waals surface area contributed by atoms with Crippen molar-refractivity contribution >= 4 is 0 Å². The summed E-state index contributed by atoms with van der Waals surface area (Å²) < 4.78 is 1.90. The molecule has 0 aromatic carbocycles. The lowest BCUT2D eigenvalue weighted by atomic mass is 10.1. The van der Waals surface area contributed by atoms with Gasteiger partial charge in [-0.1, -0.05) is 20.3 Å². The number of hydrogen-bond donors (Lipinski definition) is 1. The van der Waals surface area contributed by atoms with Gasteiger partial charge in [0.05, 0.1) is 19.2 Å². The summed E-state index contributed by atoms with van der Waals surface area (Å²) >= 11 is 0. The van der Waals surface area contributed by atoms with Crippen LogP contribution >= 0.6 is 0 Å². The molecule has 0 bridgehead atoms. The highest BCUT2D eigenvalue weighted by Gasteiger charge is 2.23. The minimum atomic E-state index is 0.115. The molecule has 114 valence electrons. The summed E-state index contributed by atoms with van der Waals surface area (Å²) in [6.07, 6.45) is 4.79. The Balaban J connectivity index is 2.16. The molecule has 2 heterocycles. The molecule has 0 aliphatic carbocycles. The van der Waals surface area contributed by atoms with Crippen LogP contribution in [-0.2, 0) is 13.0 Å². The smallest absolute Gasteiger partial charge is 0.151 e. The predicted molar refractivity (Wildman–Crippen MR) is 79.5 cm³/mol. The van der Waals surface area contributed by atoms with Crippen molar-refractivity contribution in [3.63, 3.8) is 0 Å². The van der Waals surface area contributed by atoms with Crippen LogP contribution in [0.25, 0.3) is 0 Å². The molecule has 5 nitrogen and oxygen atoms in total. The number of likely N-dealkylation sites (tertiary alicyclic amines) is 1. The zero-order valence-electron chi connectivity index (χ0n) is 13.0. The first-order valence-electron chi connectivity index (χ1n) is 7.90. The van der Waals surface area contributed by atoms with Gasteiger partial charge in [-0.2, -0.15) is 5.10 Å². The van der Waals surface area contributed by atoms with Gasteiger partial charge in [-0.05, 0) is 38.8 Å².